The van der Waals surface area contributed by atoms with Crippen molar-refractivity contribution >= 4 is 7.82 Å². The topological polar surface area (TPSA) is 110 Å². The van der Waals surface area contributed by atoms with Gasteiger partial charge in [-0.3, -0.25) is 0 Å². The Morgan fingerprint density at radius 3 is 2.61 bits per heavy atom. The molecule has 2 heterocycles. The Balaban J connectivity index is 0.00000130. The molecule has 4 unspecified atom stereocenters. The van der Waals surface area contributed by atoms with Crippen LogP contribution in [0.1, 0.15) is 50.1 Å². The number of aliphatic hydroxyl groups excluding tert-OH is 1. The van der Waals surface area contributed by atoms with E-state index < -0.39 is 25.4 Å². The van der Waals surface area contributed by atoms with Crippen LogP contribution < -0.4 is 68.9 Å². The maximum absolute atomic E-state index is 14.9. The first-order valence-electron chi connectivity index (χ1n) is 10.9. The van der Waals surface area contributed by atoms with Crippen molar-refractivity contribution in [2.45, 2.75) is 56.8 Å². The summed E-state index contributed by atoms with van der Waals surface area (Å²) in [5.74, 6) is 0.248. The third-order valence-electron chi connectivity index (χ3n) is 8.31. The zero-order chi connectivity index (χ0) is 21.5. The van der Waals surface area contributed by atoms with E-state index in [9.17, 15) is 23.8 Å². The van der Waals surface area contributed by atoms with Crippen molar-refractivity contribution in [1.82, 2.24) is 9.55 Å². The van der Waals surface area contributed by atoms with Gasteiger partial charge in [0.2, 0.25) is 0 Å². The number of phosphoric acid groups is 1. The van der Waals surface area contributed by atoms with Crippen LogP contribution in [0.3, 0.4) is 0 Å². The summed E-state index contributed by atoms with van der Waals surface area (Å²) in [6, 6.07) is 4.37. The number of halogens is 1. The van der Waals surface area contributed by atoms with Gasteiger partial charge in [0, 0.05) is 11.1 Å². The van der Waals surface area contributed by atoms with Gasteiger partial charge < -0.3 is 28.5 Å². The van der Waals surface area contributed by atoms with E-state index in [0.717, 1.165) is 30.5 Å². The van der Waals surface area contributed by atoms with Gasteiger partial charge in [0.1, 0.15) is 5.82 Å². The van der Waals surface area contributed by atoms with Crippen molar-refractivity contribution in [3.05, 3.63) is 42.1 Å². The van der Waals surface area contributed by atoms with E-state index in [4.69, 9.17) is 4.52 Å². The van der Waals surface area contributed by atoms with E-state index in [-0.39, 0.29) is 89.3 Å². The second kappa shape index (κ2) is 9.38. The number of fused-ring (bicyclic) bond motifs is 3. The summed E-state index contributed by atoms with van der Waals surface area (Å²) in [5.41, 5.74) is 1.50. The number of aromatic nitrogens is 2. The quantitative estimate of drug-likeness (QED) is 0.341. The molecule has 4 aliphatic carbocycles. The molecule has 7 nitrogen and oxygen atoms in total. The first kappa shape index (κ1) is 26.5. The third-order valence-corrected chi connectivity index (χ3v) is 8.82. The fraction of sp³-hybridized carbons (Fsp3) is 0.591. The average Bonchev–Trinajstić information content (AvgIpc) is 3.27. The number of hydrogen-bond acceptors (Lipinski definition) is 6. The van der Waals surface area contributed by atoms with Crippen molar-refractivity contribution < 1.29 is 87.5 Å². The van der Waals surface area contributed by atoms with E-state index in [1.165, 1.54) is 6.07 Å². The van der Waals surface area contributed by atoms with Gasteiger partial charge in [-0.2, -0.15) is 0 Å². The Hall–Kier alpha value is 0.430. The molecule has 4 fully saturated rings. The summed E-state index contributed by atoms with van der Waals surface area (Å²) in [6.45, 7) is 0. The monoisotopic (exact) mass is 492 g/mol. The van der Waals surface area contributed by atoms with Crippen LogP contribution >= 0.6 is 7.82 Å². The SMILES string of the molecule is O=P([O-])([O-])OC(CC1c2c(F)cccc2-c2cncn21)C12CC3CC(C1)C(O)C(C3)C2.[Na+].[Na+]. The van der Waals surface area contributed by atoms with E-state index in [2.05, 4.69) is 4.98 Å². The maximum Gasteiger partial charge on any atom is 1.00 e. The number of hydrogen-bond donors (Lipinski definition) is 1. The van der Waals surface area contributed by atoms with Gasteiger partial charge in [0.15, 0.2) is 0 Å². The Morgan fingerprint density at radius 2 is 1.94 bits per heavy atom. The Morgan fingerprint density at radius 1 is 1.24 bits per heavy atom. The number of phosphoric ester groups is 1. The van der Waals surface area contributed by atoms with Gasteiger partial charge in [-0.05, 0) is 67.8 Å². The molecule has 166 valence electrons. The molecule has 4 saturated carbocycles. The van der Waals surface area contributed by atoms with Gasteiger partial charge in [0.05, 0.1) is 44.3 Å². The van der Waals surface area contributed by atoms with Gasteiger partial charge in [-0.25, -0.2) is 9.37 Å². The standard InChI is InChI=1S/C22H26FN2O5P.2Na/c23-16-3-1-2-15-18-10-24-11-25(18)17(20(15)16)6-19(30-31(27,28)29)22-7-12-4-13(8-22)21(26)14(5-12)9-22;;/h1-3,10-14,17,19,21,26H,4-9H2,(H2,27,28,29);;/q;2*+1/p-2. The average molecular weight is 492 g/mol. The minimum Gasteiger partial charge on any atom is -0.790 e. The van der Waals surface area contributed by atoms with E-state index in [0.29, 0.717) is 24.3 Å². The van der Waals surface area contributed by atoms with Crippen LogP contribution in [0, 0.1) is 29.0 Å². The van der Waals surface area contributed by atoms with E-state index in [1.807, 2.05) is 10.6 Å². The molecule has 4 atom stereocenters. The van der Waals surface area contributed by atoms with Crippen molar-refractivity contribution in [3.63, 3.8) is 0 Å². The molecule has 11 heteroatoms. The zero-order valence-electron chi connectivity index (χ0n) is 18.9. The molecule has 1 aromatic heterocycles. The zero-order valence-corrected chi connectivity index (χ0v) is 23.8. The number of imidazole rings is 1. The first-order chi connectivity index (χ1) is 14.7. The van der Waals surface area contributed by atoms with Crippen LogP contribution in [0.2, 0.25) is 0 Å². The molecule has 0 radical (unpaired) electrons. The fourth-order valence-electron chi connectivity index (χ4n) is 7.45. The predicted molar refractivity (Wildman–Crippen MR) is 105 cm³/mol. The Labute approximate surface area is 236 Å². The van der Waals surface area contributed by atoms with Crippen LogP contribution in [-0.4, -0.2) is 26.9 Å². The smallest absolute Gasteiger partial charge is 0.790 e. The molecule has 1 N–H and O–H groups in total. The van der Waals surface area contributed by atoms with E-state index in [1.54, 1.807) is 18.6 Å². The summed E-state index contributed by atoms with van der Waals surface area (Å²) >= 11 is 0. The maximum atomic E-state index is 14.9. The number of aliphatic hydroxyl groups is 1. The second-order valence-corrected chi connectivity index (χ2v) is 11.1. The van der Waals surface area contributed by atoms with Crippen LogP contribution in [0.5, 0.6) is 0 Å². The summed E-state index contributed by atoms with van der Waals surface area (Å²) in [7, 11) is -5.26. The molecule has 1 aromatic carbocycles. The second-order valence-electron chi connectivity index (χ2n) is 10.0. The number of rotatable bonds is 5. The molecular formula is C22H24FN2Na2O5P. The van der Waals surface area contributed by atoms with Gasteiger partial charge in [0.25, 0.3) is 0 Å². The van der Waals surface area contributed by atoms with Crippen molar-refractivity contribution in [3.8, 4) is 11.3 Å². The Kier molecular flexibility index (Phi) is 7.53. The number of benzene rings is 1. The molecular weight excluding hydrogens is 468 g/mol. The van der Waals surface area contributed by atoms with Gasteiger partial charge >= 0.3 is 59.1 Å². The third kappa shape index (κ3) is 4.42. The summed E-state index contributed by atoms with van der Waals surface area (Å²) in [5, 5.41) is 10.6. The first-order valence-corrected chi connectivity index (χ1v) is 12.4. The van der Waals surface area contributed by atoms with E-state index >= 15 is 0 Å². The summed E-state index contributed by atoms with van der Waals surface area (Å²) < 4.78 is 33.8. The largest absolute Gasteiger partial charge is 1.00 e. The molecule has 7 rings (SSSR count). The fourth-order valence-corrected chi connectivity index (χ4v) is 8.07. The molecule has 0 amide bonds. The van der Waals surface area contributed by atoms with Crippen molar-refractivity contribution in [2.24, 2.45) is 23.2 Å². The summed E-state index contributed by atoms with van der Waals surface area (Å²) in [4.78, 5) is 27.8. The molecule has 1 aliphatic heterocycles. The van der Waals surface area contributed by atoms with Crippen LogP contribution in [-0.2, 0) is 9.09 Å². The number of nitrogens with zero attached hydrogens (tertiary/aromatic N) is 2. The Bertz CT molecular complexity index is 1080. The predicted octanol–water partition coefficient (Wildman–Crippen LogP) is -3.61. The van der Waals surface area contributed by atoms with Crippen LogP contribution in [0.25, 0.3) is 11.3 Å². The van der Waals surface area contributed by atoms with Gasteiger partial charge in [-0.15, -0.1) is 0 Å². The summed E-state index contributed by atoms with van der Waals surface area (Å²) in [6.07, 6.45) is 6.16. The molecule has 4 bridgehead atoms. The van der Waals surface area contributed by atoms with Gasteiger partial charge in [-0.1, -0.05) is 12.1 Å². The minimum absolute atomic E-state index is 0. The van der Waals surface area contributed by atoms with Crippen LogP contribution in [0.15, 0.2) is 30.7 Å². The minimum atomic E-state index is -5.26. The van der Waals surface area contributed by atoms with Crippen molar-refractivity contribution in [2.75, 3.05) is 0 Å². The van der Waals surface area contributed by atoms with Crippen LogP contribution in [0.4, 0.5) is 4.39 Å². The molecule has 33 heavy (non-hydrogen) atoms. The molecule has 0 spiro atoms. The molecule has 5 aliphatic rings. The normalized spacial score (nSPS) is 34.2. The van der Waals surface area contributed by atoms with Crippen molar-refractivity contribution in [1.29, 1.82) is 0 Å². The molecule has 2 aromatic rings. The molecule has 0 saturated heterocycles.